The summed E-state index contributed by atoms with van der Waals surface area (Å²) < 4.78 is 5.61. The van der Waals surface area contributed by atoms with Crippen LogP contribution in [0.2, 0.25) is 10.0 Å². The zero-order valence-corrected chi connectivity index (χ0v) is 19.6. The van der Waals surface area contributed by atoms with Crippen molar-refractivity contribution < 1.29 is 19.1 Å². The molecular weight excluding hydrogens is 467 g/mol. The number of hydrogen-bond donors (Lipinski definition) is 2. The number of nitriles is 1. The lowest BCUT2D eigenvalue weighted by molar-refractivity contribution is -0.141. The van der Waals surface area contributed by atoms with Crippen molar-refractivity contribution in [1.29, 1.82) is 5.26 Å². The normalized spacial score (nSPS) is 26.9. The molecule has 1 saturated carbocycles. The Morgan fingerprint density at radius 2 is 2.12 bits per heavy atom. The van der Waals surface area contributed by atoms with Gasteiger partial charge in [0, 0.05) is 24.0 Å². The molecule has 3 amide bonds. The van der Waals surface area contributed by atoms with Crippen LogP contribution in [0.3, 0.4) is 0 Å². The average molecular weight is 493 g/mol. The minimum absolute atomic E-state index is 0.0576. The second-order valence-electron chi connectivity index (χ2n) is 8.91. The van der Waals surface area contributed by atoms with Crippen molar-refractivity contribution in [3.05, 3.63) is 28.2 Å². The number of nitrogens with zero attached hydrogens (tertiary/aromatic N) is 2. The average Bonchev–Trinajstić information content (AvgIpc) is 3.48. The molecule has 2 N–H and O–H groups in total. The number of ether oxygens (including phenoxy) is 1. The Hall–Kier alpha value is -2.50. The molecule has 3 aliphatic rings. The van der Waals surface area contributed by atoms with E-state index in [2.05, 4.69) is 16.7 Å². The van der Waals surface area contributed by atoms with E-state index in [4.69, 9.17) is 27.9 Å². The molecule has 2 aliphatic heterocycles. The summed E-state index contributed by atoms with van der Waals surface area (Å²) in [6.45, 7) is 0.817. The number of carbonyl (C=O) groups excluding carboxylic acids is 3. The molecule has 5 atom stereocenters. The maximum atomic E-state index is 13.3. The first kappa shape index (κ1) is 23.7. The second-order valence-corrected chi connectivity index (χ2v) is 9.76. The summed E-state index contributed by atoms with van der Waals surface area (Å²) in [5, 5.41) is 15.9. The first-order valence-electron chi connectivity index (χ1n) is 11.2. The molecule has 10 heteroatoms. The van der Waals surface area contributed by atoms with Gasteiger partial charge in [0.25, 0.3) is 5.91 Å². The van der Waals surface area contributed by atoms with Gasteiger partial charge in [-0.15, -0.1) is 0 Å². The monoisotopic (exact) mass is 492 g/mol. The van der Waals surface area contributed by atoms with Crippen molar-refractivity contribution in [2.75, 3.05) is 19.7 Å². The highest BCUT2D eigenvalue weighted by Crippen LogP contribution is 2.42. The number of hydrogen-bond acceptors (Lipinski definition) is 5. The lowest BCUT2D eigenvalue weighted by Gasteiger charge is -2.28. The molecule has 8 nitrogen and oxygen atoms in total. The number of nitrogens with one attached hydrogen (secondary N) is 2. The maximum Gasteiger partial charge on any atom is 0.261 e. The van der Waals surface area contributed by atoms with Crippen LogP contribution in [0.4, 0.5) is 0 Å². The van der Waals surface area contributed by atoms with Crippen LogP contribution >= 0.6 is 23.2 Å². The molecule has 1 aromatic rings. The third kappa shape index (κ3) is 5.20. The van der Waals surface area contributed by atoms with Crippen LogP contribution in [0.15, 0.2) is 18.2 Å². The molecule has 0 radical (unpaired) electrons. The second kappa shape index (κ2) is 10.2. The van der Waals surface area contributed by atoms with Crippen molar-refractivity contribution in [3.8, 4) is 11.8 Å². The molecule has 33 heavy (non-hydrogen) atoms. The summed E-state index contributed by atoms with van der Waals surface area (Å²) in [6.07, 6.45) is 3.75. The largest absolute Gasteiger partial charge is 0.482 e. The van der Waals surface area contributed by atoms with Crippen molar-refractivity contribution in [3.63, 3.8) is 0 Å². The van der Waals surface area contributed by atoms with E-state index in [0.29, 0.717) is 35.3 Å². The molecular formula is C23H26Cl2N4O4. The van der Waals surface area contributed by atoms with Crippen LogP contribution < -0.4 is 15.4 Å². The van der Waals surface area contributed by atoms with Gasteiger partial charge in [0.15, 0.2) is 6.61 Å². The van der Waals surface area contributed by atoms with Gasteiger partial charge in [-0.2, -0.15) is 5.26 Å². The first-order chi connectivity index (χ1) is 15.9. The Labute approximate surface area is 202 Å². The fourth-order valence-electron chi connectivity index (χ4n) is 5.27. The van der Waals surface area contributed by atoms with Gasteiger partial charge in [0.1, 0.15) is 17.8 Å². The van der Waals surface area contributed by atoms with E-state index in [1.165, 1.54) is 6.07 Å². The molecule has 2 heterocycles. The van der Waals surface area contributed by atoms with Crippen LogP contribution in [-0.2, 0) is 14.4 Å². The first-order valence-corrected chi connectivity index (χ1v) is 12.0. The van der Waals surface area contributed by atoms with E-state index in [-0.39, 0.29) is 48.5 Å². The Morgan fingerprint density at radius 1 is 1.30 bits per heavy atom. The van der Waals surface area contributed by atoms with Gasteiger partial charge in [-0.05, 0) is 55.7 Å². The van der Waals surface area contributed by atoms with Crippen molar-refractivity contribution in [1.82, 2.24) is 15.5 Å². The Kier molecular flexibility index (Phi) is 7.30. The van der Waals surface area contributed by atoms with Gasteiger partial charge in [-0.3, -0.25) is 14.4 Å². The van der Waals surface area contributed by atoms with Gasteiger partial charge in [0.05, 0.1) is 11.1 Å². The molecule has 176 valence electrons. The van der Waals surface area contributed by atoms with Gasteiger partial charge >= 0.3 is 0 Å². The van der Waals surface area contributed by atoms with Gasteiger partial charge < -0.3 is 20.3 Å². The van der Waals surface area contributed by atoms with Crippen LogP contribution in [0.1, 0.15) is 32.1 Å². The van der Waals surface area contributed by atoms with Crippen molar-refractivity contribution >= 4 is 40.9 Å². The topological polar surface area (TPSA) is 112 Å². The fourth-order valence-corrected chi connectivity index (χ4v) is 5.73. The summed E-state index contributed by atoms with van der Waals surface area (Å²) in [7, 11) is 0. The quantitative estimate of drug-likeness (QED) is 0.607. The molecule has 1 aromatic carbocycles. The summed E-state index contributed by atoms with van der Waals surface area (Å²) in [4.78, 5) is 39.8. The summed E-state index contributed by atoms with van der Waals surface area (Å²) in [5.74, 6) is -0.364. The van der Waals surface area contributed by atoms with Crippen molar-refractivity contribution in [2.45, 2.75) is 44.2 Å². The maximum absolute atomic E-state index is 13.3. The number of halogens is 2. The third-order valence-corrected chi connectivity index (χ3v) is 7.41. The zero-order valence-electron chi connectivity index (χ0n) is 18.1. The smallest absolute Gasteiger partial charge is 0.261 e. The third-order valence-electron chi connectivity index (χ3n) is 6.88. The molecule has 1 unspecified atom stereocenters. The lowest BCUT2D eigenvalue weighted by atomic mass is 9.92. The summed E-state index contributed by atoms with van der Waals surface area (Å²) >= 11 is 12.0. The molecule has 0 aromatic heterocycles. The van der Waals surface area contributed by atoms with Crippen LogP contribution in [-0.4, -0.2) is 54.4 Å². The van der Waals surface area contributed by atoms with E-state index in [9.17, 15) is 19.6 Å². The van der Waals surface area contributed by atoms with E-state index < -0.39 is 12.1 Å². The Bertz CT molecular complexity index is 982. The minimum atomic E-state index is -0.784. The number of benzene rings is 1. The SMILES string of the molecule is N#C[C@H](C[C@@H]1CCNC1=O)NC(=O)[C@@H]1[C@H]2CCCC2CN1C(=O)COc1ccc(Cl)cc1Cl. The molecule has 1 aliphatic carbocycles. The number of amides is 3. The van der Waals surface area contributed by atoms with Gasteiger partial charge in [0.2, 0.25) is 11.8 Å². The minimum Gasteiger partial charge on any atom is -0.482 e. The summed E-state index contributed by atoms with van der Waals surface area (Å²) in [6, 6.07) is 5.41. The number of rotatable bonds is 7. The highest BCUT2D eigenvalue weighted by molar-refractivity contribution is 6.35. The van der Waals surface area contributed by atoms with Crippen LogP contribution in [0.25, 0.3) is 0 Å². The highest BCUT2D eigenvalue weighted by atomic mass is 35.5. The molecule has 3 fully saturated rings. The molecule has 0 spiro atoms. The fraction of sp³-hybridized carbons (Fsp3) is 0.565. The van der Waals surface area contributed by atoms with Crippen LogP contribution in [0.5, 0.6) is 5.75 Å². The van der Waals surface area contributed by atoms with Crippen LogP contribution in [0, 0.1) is 29.1 Å². The standard InChI is InChI=1S/C23H26Cl2N4O4/c24-15-4-5-19(18(25)9-15)33-12-20(30)29-11-14-2-1-3-17(14)21(29)23(32)28-16(10-26)8-13-6-7-27-22(13)31/h4-5,9,13-14,16-17,21H,1-3,6-8,11-12H2,(H,27,31)(H,28,32)/t13-,14?,16-,17-,21-/m0/s1. The number of carbonyl (C=O) groups is 3. The molecule has 4 rings (SSSR count). The molecule has 2 saturated heterocycles. The Balaban J connectivity index is 1.42. The van der Waals surface area contributed by atoms with E-state index in [1.807, 2.05) is 0 Å². The van der Waals surface area contributed by atoms with Gasteiger partial charge in [-0.1, -0.05) is 29.6 Å². The van der Waals surface area contributed by atoms with Crippen molar-refractivity contribution in [2.24, 2.45) is 17.8 Å². The predicted molar refractivity (Wildman–Crippen MR) is 122 cm³/mol. The number of fused-ring (bicyclic) bond motifs is 1. The number of likely N-dealkylation sites (tertiary alicyclic amines) is 1. The van der Waals surface area contributed by atoms with Gasteiger partial charge in [-0.25, -0.2) is 0 Å². The van der Waals surface area contributed by atoms with E-state index >= 15 is 0 Å². The zero-order chi connectivity index (χ0) is 23.5. The lowest BCUT2D eigenvalue weighted by Crippen LogP contribution is -2.52. The molecule has 0 bridgehead atoms. The van der Waals surface area contributed by atoms with E-state index in [0.717, 1.165) is 19.3 Å². The Morgan fingerprint density at radius 3 is 2.82 bits per heavy atom. The highest BCUT2D eigenvalue weighted by Gasteiger charge is 2.49. The van der Waals surface area contributed by atoms with E-state index in [1.54, 1.807) is 17.0 Å². The predicted octanol–water partition coefficient (Wildman–Crippen LogP) is 2.53. The summed E-state index contributed by atoms with van der Waals surface area (Å²) in [5.41, 5.74) is 0.